The van der Waals surface area contributed by atoms with Crippen LogP contribution < -0.4 is 0 Å². The van der Waals surface area contributed by atoms with Crippen LogP contribution in [0.2, 0.25) is 0 Å². The fourth-order valence-electron chi connectivity index (χ4n) is 1.23. The second-order valence-corrected chi connectivity index (χ2v) is 3.56. The van der Waals surface area contributed by atoms with Crippen LogP contribution in [-0.2, 0) is 0 Å². The van der Waals surface area contributed by atoms with E-state index in [-0.39, 0.29) is 0 Å². The van der Waals surface area contributed by atoms with Crippen LogP contribution in [0.15, 0.2) is 18.5 Å². The standard InChI is InChI=1S/C10H13N3O/c1-8-12-6-7-13(8)9(4-5-11)10(2,3)14/h4,6-7,14H,1-3H3/b9-4+. The van der Waals surface area contributed by atoms with Crippen LogP contribution in [0.25, 0.3) is 5.70 Å². The van der Waals surface area contributed by atoms with Crippen molar-refractivity contribution >= 4 is 5.70 Å². The fourth-order valence-corrected chi connectivity index (χ4v) is 1.23. The topological polar surface area (TPSA) is 61.8 Å². The number of aryl methyl sites for hydroxylation is 1. The molecule has 0 unspecified atom stereocenters. The van der Waals surface area contributed by atoms with E-state index in [1.54, 1.807) is 30.8 Å². The van der Waals surface area contributed by atoms with Crippen LogP contribution in [0.1, 0.15) is 19.7 Å². The lowest BCUT2D eigenvalue weighted by Gasteiger charge is -2.22. The van der Waals surface area contributed by atoms with E-state index >= 15 is 0 Å². The molecular formula is C10H13N3O. The Morgan fingerprint density at radius 2 is 2.36 bits per heavy atom. The van der Waals surface area contributed by atoms with Crippen molar-refractivity contribution in [2.45, 2.75) is 26.4 Å². The fraction of sp³-hybridized carbons (Fsp3) is 0.400. The summed E-state index contributed by atoms with van der Waals surface area (Å²) in [5.74, 6) is 0.744. The minimum atomic E-state index is -1.05. The number of hydrogen-bond acceptors (Lipinski definition) is 3. The van der Waals surface area contributed by atoms with Crippen LogP contribution in [0.3, 0.4) is 0 Å². The third-order valence-corrected chi connectivity index (χ3v) is 1.91. The number of hydrogen-bond donors (Lipinski definition) is 1. The van der Waals surface area contributed by atoms with Crippen molar-refractivity contribution < 1.29 is 5.11 Å². The SMILES string of the molecule is Cc1nccn1/C(=C/C#N)C(C)(C)O. The molecule has 0 aliphatic heterocycles. The molecule has 1 aromatic heterocycles. The molecule has 0 saturated heterocycles. The smallest absolute Gasteiger partial charge is 0.109 e. The molecule has 4 heteroatoms. The van der Waals surface area contributed by atoms with Crippen molar-refractivity contribution in [3.8, 4) is 6.07 Å². The van der Waals surface area contributed by atoms with Gasteiger partial charge < -0.3 is 9.67 Å². The summed E-state index contributed by atoms with van der Waals surface area (Å²) in [5.41, 5.74) is -0.531. The zero-order valence-electron chi connectivity index (χ0n) is 8.52. The first kappa shape index (κ1) is 10.5. The van der Waals surface area contributed by atoms with Gasteiger partial charge in [0, 0.05) is 18.5 Å². The van der Waals surface area contributed by atoms with Crippen LogP contribution in [0.4, 0.5) is 0 Å². The summed E-state index contributed by atoms with van der Waals surface area (Å²) in [4.78, 5) is 4.03. The maximum atomic E-state index is 9.84. The molecule has 0 amide bonds. The molecular weight excluding hydrogens is 178 g/mol. The summed E-state index contributed by atoms with van der Waals surface area (Å²) in [6.07, 6.45) is 4.68. The van der Waals surface area contributed by atoms with Gasteiger partial charge in [-0.15, -0.1) is 0 Å². The van der Waals surface area contributed by atoms with E-state index in [9.17, 15) is 5.11 Å². The number of aromatic nitrogens is 2. The van der Waals surface area contributed by atoms with Gasteiger partial charge >= 0.3 is 0 Å². The monoisotopic (exact) mass is 191 g/mol. The summed E-state index contributed by atoms with van der Waals surface area (Å²) in [6, 6.07) is 1.92. The number of imidazole rings is 1. The normalized spacial score (nSPS) is 12.6. The first-order chi connectivity index (χ1) is 6.46. The third kappa shape index (κ3) is 2.01. The van der Waals surface area contributed by atoms with Crippen LogP contribution in [0, 0.1) is 18.3 Å². The summed E-state index contributed by atoms with van der Waals surface area (Å²) < 4.78 is 1.70. The van der Waals surface area contributed by atoms with Gasteiger partial charge in [0.25, 0.3) is 0 Å². The first-order valence-corrected chi connectivity index (χ1v) is 4.30. The molecule has 1 N–H and O–H groups in total. The van der Waals surface area contributed by atoms with Crippen molar-refractivity contribution in [3.05, 3.63) is 24.3 Å². The highest BCUT2D eigenvalue weighted by molar-refractivity contribution is 5.57. The van der Waals surface area contributed by atoms with E-state index in [0.717, 1.165) is 5.82 Å². The molecule has 74 valence electrons. The van der Waals surface area contributed by atoms with E-state index in [4.69, 9.17) is 5.26 Å². The van der Waals surface area contributed by atoms with Gasteiger partial charge in [-0.1, -0.05) is 0 Å². The zero-order valence-corrected chi connectivity index (χ0v) is 8.52. The first-order valence-electron chi connectivity index (χ1n) is 4.30. The lowest BCUT2D eigenvalue weighted by molar-refractivity contribution is 0.137. The molecule has 1 heterocycles. The zero-order chi connectivity index (χ0) is 10.8. The predicted octanol–water partition coefficient (Wildman–Crippen LogP) is 1.33. The van der Waals surface area contributed by atoms with Gasteiger partial charge in [-0.25, -0.2) is 4.98 Å². The average molecular weight is 191 g/mol. The van der Waals surface area contributed by atoms with Crippen molar-refractivity contribution in [1.29, 1.82) is 5.26 Å². The summed E-state index contributed by atoms with van der Waals surface area (Å²) in [5, 5.41) is 18.5. The molecule has 0 spiro atoms. The Morgan fingerprint density at radius 3 is 2.71 bits per heavy atom. The Bertz CT molecular complexity index is 390. The molecule has 4 nitrogen and oxygen atoms in total. The maximum Gasteiger partial charge on any atom is 0.109 e. The molecule has 0 saturated carbocycles. The van der Waals surface area contributed by atoms with E-state index in [1.165, 1.54) is 6.08 Å². The van der Waals surface area contributed by atoms with Crippen LogP contribution in [-0.4, -0.2) is 20.3 Å². The molecule has 0 radical (unpaired) electrons. The van der Waals surface area contributed by atoms with Crippen molar-refractivity contribution in [2.24, 2.45) is 0 Å². The van der Waals surface area contributed by atoms with Crippen LogP contribution >= 0.6 is 0 Å². The molecule has 0 atom stereocenters. The third-order valence-electron chi connectivity index (χ3n) is 1.91. The van der Waals surface area contributed by atoms with E-state index in [1.807, 2.05) is 13.0 Å². The van der Waals surface area contributed by atoms with E-state index in [2.05, 4.69) is 4.98 Å². The van der Waals surface area contributed by atoms with E-state index in [0.29, 0.717) is 5.70 Å². The molecule has 0 aliphatic carbocycles. The molecule has 1 rings (SSSR count). The Morgan fingerprint density at radius 1 is 1.71 bits per heavy atom. The molecule has 0 fully saturated rings. The van der Waals surface area contributed by atoms with Gasteiger partial charge in [-0.2, -0.15) is 5.26 Å². The van der Waals surface area contributed by atoms with Gasteiger partial charge in [0.05, 0.1) is 11.8 Å². The predicted molar refractivity (Wildman–Crippen MR) is 53.1 cm³/mol. The summed E-state index contributed by atoms with van der Waals surface area (Å²) >= 11 is 0. The number of rotatable bonds is 2. The van der Waals surface area contributed by atoms with E-state index < -0.39 is 5.60 Å². The molecule has 0 aromatic carbocycles. The quantitative estimate of drug-likeness (QED) is 0.717. The highest BCUT2D eigenvalue weighted by Crippen LogP contribution is 2.21. The van der Waals surface area contributed by atoms with Gasteiger partial charge in [0.2, 0.25) is 0 Å². The molecule has 14 heavy (non-hydrogen) atoms. The Hall–Kier alpha value is -1.60. The number of nitriles is 1. The number of nitrogens with zero attached hydrogens (tertiary/aromatic N) is 3. The Labute approximate surface area is 83.1 Å². The Balaban J connectivity index is 3.23. The lowest BCUT2D eigenvalue weighted by atomic mass is 10.0. The van der Waals surface area contributed by atoms with Gasteiger partial charge in [-0.05, 0) is 20.8 Å². The van der Waals surface area contributed by atoms with Crippen molar-refractivity contribution in [2.75, 3.05) is 0 Å². The maximum absolute atomic E-state index is 9.84. The number of aliphatic hydroxyl groups is 1. The minimum absolute atomic E-state index is 0.523. The highest BCUT2D eigenvalue weighted by atomic mass is 16.3. The van der Waals surface area contributed by atoms with Crippen LogP contribution in [0.5, 0.6) is 0 Å². The second-order valence-electron chi connectivity index (χ2n) is 3.56. The lowest BCUT2D eigenvalue weighted by Crippen LogP contribution is -2.25. The minimum Gasteiger partial charge on any atom is -0.384 e. The van der Waals surface area contributed by atoms with Gasteiger partial charge in [0.1, 0.15) is 11.4 Å². The molecule has 0 aliphatic rings. The number of allylic oxidation sites excluding steroid dienone is 1. The highest BCUT2D eigenvalue weighted by Gasteiger charge is 2.21. The molecule has 0 bridgehead atoms. The second kappa shape index (κ2) is 3.64. The van der Waals surface area contributed by atoms with Crippen molar-refractivity contribution in [1.82, 2.24) is 9.55 Å². The van der Waals surface area contributed by atoms with Gasteiger partial charge in [0.15, 0.2) is 0 Å². The van der Waals surface area contributed by atoms with Crippen molar-refractivity contribution in [3.63, 3.8) is 0 Å². The molecule has 1 aromatic rings. The Kier molecular flexibility index (Phi) is 2.73. The average Bonchev–Trinajstić information content (AvgIpc) is 2.45. The summed E-state index contributed by atoms with van der Waals surface area (Å²) in [7, 11) is 0. The summed E-state index contributed by atoms with van der Waals surface area (Å²) in [6.45, 7) is 5.09. The van der Waals surface area contributed by atoms with Gasteiger partial charge in [-0.3, -0.25) is 0 Å². The largest absolute Gasteiger partial charge is 0.384 e.